The van der Waals surface area contributed by atoms with Crippen LogP contribution in [0.2, 0.25) is 0 Å². The minimum absolute atomic E-state index is 0.118. The van der Waals surface area contributed by atoms with Gasteiger partial charge in [0.2, 0.25) is 0 Å². The predicted octanol–water partition coefficient (Wildman–Crippen LogP) is 2.96. The van der Waals surface area contributed by atoms with E-state index in [1.165, 1.54) is 37.8 Å². The molecule has 23 heavy (non-hydrogen) atoms. The van der Waals surface area contributed by atoms with Crippen molar-refractivity contribution in [1.29, 1.82) is 0 Å². The molecule has 0 bridgehead atoms. The van der Waals surface area contributed by atoms with Crippen molar-refractivity contribution in [3.63, 3.8) is 0 Å². The molecule has 1 saturated heterocycles. The van der Waals surface area contributed by atoms with E-state index in [-0.39, 0.29) is 11.9 Å². The summed E-state index contributed by atoms with van der Waals surface area (Å²) in [6.45, 7) is 2.81. The molecule has 4 nitrogen and oxygen atoms in total. The summed E-state index contributed by atoms with van der Waals surface area (Å²) in [5, 5.41) is 3.42. The fourth-order valence-electron chi connectivity index (χ4n) is 3.73. The maximum absolute atomic E-state index is 13.1. The normalized spacial score (nSPS) is 21.3. The highest BCUT2D eigenvalue weighted by Crippen LogP contribution is 2.47. The van der Waals surface area contributed by atoms with Crippen molar-refractivity contribution >= 4 is 5.96 Å². The molecule has 5 heteroatoms. The van der Waals surface area contributed by atoms with Gasteiger partial charge < -0.3 is 15.0 Å². The van der Waals surface area contributed by atoms with E-state index in [9.17, 15) is 4.39 Å². The number of nitrogens with zero attached hydrogens (tertiary/aromatic N) is 2. The van der Waals surface area contributed by atoms with Gasteiger partial charge >= 0.3 is 0 Å². The highest BCUT2D eigenvalue weighted by molar-refractivity contribution is 5.80. The number of hydrogen-bond acceptors (Lipinski definition) is 2. The van der Waals surface area contributed by atoms with Gasteiger partial charge in [-0.2, -0.15) is 0 Å². The van der Waals surface area contributed by atoms with E-state index in [1.54, 1.807) is 19.2 Å². The topological polar surface area (TPSA) is 36.9 Å². The Bertz CT molecular complexity index is 554. The molecule has 1 aliphatic carbocycles. The molecule has 126 valence electrons. The second kappa shape index (κ2) is 6.87. The van der Waals surface area contributed by atoms with Crippen LogP contribution in [-0.4, -0.2) is 44.7 Å². The second-order valence-electron chi connectivity index (χ2n) is 6.73. The van der Waals surface area contributed by atoms with Crippen LogP contribution >= 0.6 is 0 Å². The van der Waals surface area contributed by atoms with Crippen LogP contribution in [0.5, 0.6) is 0 Å². The van der Waals surface area contributed by atoms with Gasteiger partial charge in [-0.25, -0.2) is 4.39 Å². The summed E-state index contributed by atoms with van der Waals surface area (Å²) >= 11 is 0. The zero-order valence-electron chi connectivity index (χ0n) is 14.0. The molecule has 1 atom stereocenters. The molecule has 2 fully saturated rings. The molecule has 1 aromatic carbocycles. The average Bonchev–Trinajstić information content (AvgIpc) is 2.99. The van der Waals surface area contributed by atoms with E-state index in [0.29, 0.717) is 12.0 Å². The first-order chi connectivity index (χ1) is 11.2. The van der Waals surface area contributed by atoms with Gasteiger partial charge in [0.15, 0.2) is 5.96 Å². The average molecular weight is 319 g/mol. The lowest BCUT2D eigenvalue weighted by atomic mass is 9.68. The van der Waals surface area contributed by atoms with Crippen LogP contribution in [0.25, 0.3) is 0 Å². The Morgan fingerprint density at radius 1 is 1.35 bits per heavy atom. The van der Waals surface area contributed by atoms with Crippen LogP contribution in [0.3, 0.4) is 0 Å². The third-order valence-electron chi connectivity index (χ3n) is 5.34. The highest BCUT2D eigenvalue weighted by Gasteiger charge is 2.43. The Hall–Kier alpha value is -1.62. The van der Waals surface area contributed by atoms with E-state index >= 15 is 0 Å². The van der Waals surface area contributed by atoms with Gasteiger partial charge in [0.25, 0.3) is 0 Å². The van der Waals surface area contributed by atoms with Gasteiger partial charge in [-0.3, -0.25) is 4.99 Å². The lowest BCUT2D eigenvalue weighted by Gasteiger charge is -2.38. The van der Waals surface area contributed by atoms with Gasteiger partial charge in [0.05, 0.1) is 6.10 Å². The fraction of sp³-hybridized carbons (Fsp3) is 0.611. The Morgan fingerprint density at radius 2 is 2.09 bits per heavy atom. The second-order valence-corrected chi connectivity index (χ2v) is 6.73. The number of ether oxygens (including phenoxy) is 1. The molecule has 0 amide bonds. The molecule has 0 aromatic heterocycles. The lowest BCUT2D eigenvalue weighted by Crippen LogP contribution is -2.43. The van der Waals surface area contributed by atoms with Crippen molar-refractivity contribution < 1.29 is 9.13 Å². The molecular weight excluding hydrogens is 293 g/mol. The molecule has 1 N–H and O–H groups in total. The smallest absolute Gasteiger partial charge is 0.193 e. The summed E-state index contributed by atoms with van der Waals surface area (Å²) in [5.74, 6) is 0.716. The number of likely N-dealkylation sites (tertiary alicyclic amines) is 1. The Labute approximate surface area is 137 Å². The fourth-order valence-corrected chi connectivity index (χ4v) is 3.73. The first kappa shape index (κ1) is 16.2. The van der Waals surface area contributed by atoms with E-state index in [4.69, 9.17) is 4.74 Å². The number of nitrogens with one attached hydrogen (secondary N) is 1. The zero-order valence-corrected chi connectivity index (χ0v) is 14.0. The quantitative estimate of drug-likeness (QED) is 0.685. The summed E-state index contributed by atoms with van der Waals surface area (Å²) in [6, 6.07) is 6.48. The van der Waals surface area contributed by atoms with Gasteiger partial charge in [-0.15, -0.1) is 0 Å². The molecular formula is C18H26FN3O. The lowest BCUT2D eigenvalue weighted by molar-refractivity contribution is 0.105. The van der Waals surface area contributed by atoms with Crippen LogP contribution in [0, 0.1) is 11.2 Å². The molecule has 1 heterocycles. The largest absolute Gasteiger partial charge is 0.375 e. The van der Waals surface area contributed by atoms with Crippen molar-refractivity contribution in [3.8, 4) is 0 Å². The molecule has 1 aromatic rings. The number of hydrogen-bond donors (Lipinski definition) is 1. The van der Waals surface area contributed by atoms with Gasteiger partial charge in [0, 0.05) is 33.8 Å². The van der Waals surface area contributed by atoms with E-state index < -0.39 is 0 Å². The number of rotatable bonds is 4. The number of benzene rings is 1. The first-order valence-corrected chi connectivity index (χ1v) is 8.40. The SMILES string of the molecule is CN=C(NCC(OC)c1ccc(F)cc1)N1CCC2(CCC2)C1. The standard InChI is InChI=1S/C18H26FN3O/c1-20-17(22-11-10-18(13-22)8-3-9-18)21-12-16(23-2)14-4-6-15(19)7-5-14/h4-7,16H,3,8-13H2,1-2H3,(H,20,21). The molecule has 1 aliphatic heterocycles. The minimum Gasteiger partial charge on any atom is -0.375 e. The Balaban J connectivity index is 1.57. The van der Waals surface area contributed by atoms with Crippen LogP contribution in [0.4, 0.5) is 4.39 Å². The van der Waals surface area contributed by atoms with Crippen LogP contribution in [0.1, 0.15) is 37.4 Å². The Kier molecular flexibility index (Phi) is 4.85. The maximum Gasteiger partial charge on any atom is 0.193 e. The third-order valence-corrected chi connectivity index (χ3v) is 5.34. The first-order valence-electron chi connectivity index (χ1n) is 8.40. The molecule has 3 rings (SSSR count). The molecule has 0 radical (unpaired) electrons. The summed E-state index contributed by atoms with van der Waals surface area (Å²) in [4.78, 5) is 6.78. The zero-order chi connectivity index (χ0) is 16.3. The summed E-state index contributed by atoms with van der Waals surface area (Å²) < 4.78 is 18.6. The predicted molar refractivity (Wildman–Crippen MR) is 90.0 cm³/mol. The van der Waals surface area contributed by atoms with E-state index in [1.807, 2.05) is 7.05 Å². The summed E-state index contributed by atoms with van der Waals surface area (Å²) in [7, 11) is 3.51. The van der Waals surface area contributed by atoms with Crippen LogP contribution in [0.15, 0.2) is 29.3 Å². The van der Waals surface area contributed by atoms with Gasteiger partial charge in [-0.1, -0.05) is 18.6 Å². The maximum atomic E-state index is 13.1. The van der Waals surface area contributed by atoms with Crippen molar-refractivity contribution in [2.45, 2.75) is 31.8 Å². The Morgan fingerprint density at radius 3 is 2.61 bits per heavy atom. The number of methoxy groups -OCH3 is 1. The van der Waals surface area contributed by atoms with E-state index in [2.05, 4.69) is 15.2 Å². The molecule has 1 spiro atoms. The molecule has 2 aliphatic rings. The molecule has 1 unspecified atom stereocenters. The minimum atomic E-state index is -0.227. The van der Waals surface area contributed by atoms with Crippen molar-refractivity contribution in [2.75, 3.05) is 33.8 Å². The number of aliphatic imine (C=N–C) groups is 1. The molecule has 1 saturated carbocycles. The van der Waals surface area contributed by atoms with Crippen molar-refractivity contribution in [2.24, 2.45) is 10.4 Å². The van der Waals surface area contributed by atoms with Crippen molar-refractivity contribution in [1.82, 2.24) is 10.2 Å². The summed E-state index contributed by atoms with van der Waals surface area (Å²) in [6.07, 6.45) is 5.25. The van der Waals surface area contributed by atoms with Gasteiger partial charge in [0.1, 0.15) is 5.82 Å². The highest BCUT2D eigenvalue weighted by atomic mass is 19.1. The summed E-state index contributed by atoms with van der Waals surface area (Å²) in [5.41, 5.74) is 1.52. The number of halogens is 1. The van der Waals surface area contributed by atoms with E-state index in [0.717, 1.165) is 24.6 Å². The third kappa shape index (κ3) is 3.50. The van der Waals surface area contributed by atoms with Crippen molar-refractivity contribution in [3.05, 3.63) is 35.6 Å². The van der Waals surface area contributed by atoms with Crippen LogP contribution in [-0.2, 0) is 4.74 Å². The monoisotopic (exact) mass is 319 g/mol. The van der Waals surface area contributed by atoms with Gasteiger partial charge in [-0.05, 0) is 42.4 Å². The number of guanidine groups is 1. The van der Waals surface area contributed by atoms with Crippen LogP contribution < -0.4 is 5.32 Å².